The number of nitrogens with two attached hydrogens (primary N) is 1. The van der Waals surface area contributed by atoms with Crippen LogP contribution in [0, 0.1) is 0 Å². The molecule has 106 valence electrons. The van der Waals surface area contributed by atoms with Gasteiger partial charge in [-0.15, -0.1) is 0 Å². The van der Waals surface area contributed by atoms with Crippen LogP contribution in [-0.4, -0.2) is 50.5 Å². The normalized spacial score (nSPS) is 26.2. The van der Waals surface area contributed by atoms with Gasteiger partial charge in [0.05, 0.1) is 12.6 Å². The van der Waals surface area contributed by atoms with Crippen LogP contribution in [0.15, 0.2) is 24.4 Å². The molecule has 1 aliphatic heterocycles. The Morgan fingerprint density at radius 3 is 3.00 bits per heavy atom. The first-order chi connectivity index (χ1) is 9.49. The summed E-state index contributed by atoms with van der Waals surface area (Å²) >= 11 is 0. The summed E-state index contributed by atoms with van der Waals surface area (Å²) in [5.74, 6) is -0.596. The van der Waals surface area contributed by atoms with Crippen LogP contribution in [0.2, 0.25) is 0 Å². The van der Waals surface area contributed by atoms with E-state index in [9.17, 15) is 15.0 Å². The van der Waals surface area contributed by atoms with Gasteiger partial charge in [-0.2, -0.15) is 0 Å². The molecule has 1 aliphatic rings. The lowest BCUT2D eigenvalue weighted by Crippen LogP contribution is -2.45. The van der Waals surface area contributed by atoms with Crippen LogP contribution >= 0.6 is 0 Å². The predicted molar refractivity (Wildman–Crippen MR) is 72.1 cm³/mol. The van der Waals surface area contributed by atoms with Gasteiger partial charge in [0.25, 0.3) is 5.91 Å². The zero-order valence-corrected chi connectivity index (χ0v) is 10.8. The Morgan fingerprint density at radius 1 is 1.55 bits per heavy atom. The van der Waals surface area contributed by atoms with E-state index < -0.39 is 17.6 Å². The first-order valence-electron chi connectivity index (χ1n) is 6.36. The zero-order valence-electron chi connectivity index (χ0n) is 10.8. The molecule has 3 rings (SSSR count). The van der Waals surface area contributed by atoms with Crippen LogP contribution in [0.25, 0.3) is 11.0 Å². The molecule has 1 fully saturated rings. The minimum atomic E-state index is -1.24. The second-order valence-corrected chi connectivity index (χ2v) is 5.17. The van der Waals surface area contributed by atoms with Gasteiger partial charge >= 0.3 is 0 Å². The number of hydrogen-bond donors (Lipinski definition) is 4. The van der Waals surface area contributed by atoms with Gasteiger partial charge in [0.2, 0.25) is 0 Å². The molecule has 20 heavy (non-hydrogen) atoms. The molecular weight excluding hydrogens is 260 g/mol. The smallest absolute Gasteiger partial charge is 0.267 e. The molecule has 2 aromatic heterocycles. The highest BCUT2D eigenvalue weighted by molar-refractivity contribution is 5.93. The van der Waals surface area contributed by atoms with Gasteiger partial charge in [0.1, 0.15) is 16.9 Å². The molecule has 1 amide bonds. The van der Waals surface area contributed by atoms with Gasteiger partial charge in [0.15, 0.2) is 0 Å². The highest BCUT2D eigenvalue weighted by Gasteiger charge is 2.40. The fraction of sp³-hybridized carbons (Fsp3) is 0.385. The lowest BCUT2D eigenvalue weighted by Gasteiger charge is -2.26. The number of pyridine rings is 1. The second-order valence-electron chi connectivity index (χ2n) is 5.17. The summed E-state index contributed by atoms with van der Waals surface area (Å²) < 4.78 is 1.72. The second kappa shape index (κ2) is 4.55. The van der Waals surface area contributed by atoms with Crippen molar-refractivity contribution in [1.29, 1.82) is 0 Å². The number of aromatic nitrogens is 2. The van der Waals surface area contributed by atoms with Gasteiger partial charge in [-0.05, 0) is 18.2 Å². The van der Waals surface area contributed by atoms with Crippen LogP contribution in [0.5, 0.6) is 0 Å². The number of primary amides is 1. The summed E-state index contributed by atoms with van der Waals surface area (Å²) in [4.78, 5) is 15.4. The first kappa shape index (κ1) is 13.0. The molecule has 1 saturated heterocycles. The van der Waals surface area contributed by atoms with E-state index in [0.717, 1.165) is 5.39 Å². The number of rotatable bonds is 3. The number of nitrogens with zero attached hydrogens (tertiary/aromatic N) is 2. The Labute approximate surface area is 115 Å². The van der Waals surface area contributed by atoms with E-state index in [1.165, 1.54) is 0 Å². The molecule has 7 nitrogen and oxygen atoms in total. The number of hydrogen-bond acceptors (Lipinski definition) is 5. The van der Waals surface area contributed by atoms with Crippen molar-refractivity contribution < 1.29 is 15.0 Å². The maximum absolute atomic E-state index is 11.2. The monoisotopic (exact) mass is 276 g/mol. The topological polar surface area (TPSA) is 113 Å². The van der Waals surface area contributed by atoms with Crippen molar-refractivity contribution >= 4 is 16.9 Å². The van der Waals surface area contributed by atoms with Crippen molar-refractivity contribution in [1.82, 2.24) is 14.9 Å². The van der Waals surface area contributed by atoms with Crippen LogP contribution in [0.4, 0.5) is 0 Å². The van der Waals surface area contributed by atoms with Gasteiger partial charge < -0.3 is 25.8 Å². The summed E-state index contributed by atoms with van der Waals surface area (Å²) in [7, 11) is 0. The van der Waals surface area contributed by atoms with Crippen molar-refractivity contribution in [3.05, 3.63) is 30.1 Å². The van der Waals surface area contributed by atoms with Gasteiger partial charge in [0, 0.05) is 24.7 Å². The number of fused-ring (bicyclic) bond motifs is 1. The van der Waals surface area contributed by atoms with E-state index >= 15 is 0 Å². The van der Waals surface area contributed by atoms with Gasteiger partial charge in [-0.25, -0.2) is 4.98 Å². The number of carbonyl (C=O) groups is 1. The molecule has 7 heteroatoms. The Bertz CT molecular complexity index is 669. The fourth-order valence-corrected chi connectivity index (χ4v) is 2.51. The average Bonchev–Trinajstić information content (AvgIpc) is 2.95. The maximum Gasteiger partial charge on any atom is 0.267 e. The van der Waals surface area contributed by atoms with Crippen LogP contribution in [-0.2, 0) is 6.54 Å². The number of β-amino-alcohol motifs (C(OH)–C–C–N with tert-alkyl or cyclic N) is 2. The lowest BCUT2D eigenvalue weighted by molar-refractivity contribution is -0.0502. The third kappa shape index (κ3) is 2.05. The Morgan fingerprint density at radius 2 is 2.35 bits per heavy atom. The summed E-state index contributed by atoms with van der Waals surface area (Å²) in [6.45, 7) is 0.860. The van der Waals surface area contributed by atoms with Crippen LogP contribution < -0.4 is 11.1 Å². The Kier molecular flexibility index (Phi) is 2.97. The number of nitrogens with one attached hydrogen (secondary N) is 1. The van der Waals surface area contributed by atoms with Crippen molar-refractivity contribution in [3.63, 3.8) is 0 Å². The van der Waals surface area contributed by atoms with E-state index in [1.807, 2.05) is 6.07 Å². The highest BCUT2D eigenvalue weighted by Crippen LogP contribution is 2.21. The summed E-state index contributed by atoms with van der Waals surface area (Å²) in [5, 5.41) is 24.0. The van der Waals surface area contributed by atoms with E-state index in [4.69, 9.17) is 5.73 Å². The van der Waals surface area contributed by atoms with Gasteiger partial charge in [-0.3, -0.25) is 4.79 Å². The molecule has 5 N–H and O–H groups in total. The summed E-state index contributed by atoms with van der Waals surface area (Å²) in [6.07, 6.45) is 0.935. The number of aliphatic hydroxyl groups excluding tert-OH is 1. The number of aliphatic hydroxyl groups is 2. The SMILES string of the molecule is NC(=O)c1ccc2ccn(C[C@@]3(O)CNC[C@@H]3O)c2n1. The van der Waals surface area contributed by atoms with Crippen LogP contribution in [0.3, 0.4) is 0 Å². The van der Waals surface area contributed by atoms with E-state index in [0.29, 0.717) is 18.7 Å². The minimum Gasteiger partial charge on any atom is -0.389 e. The van der Waals surface area contributed by atoms with Crippen molar-refractivity contribution in [2.45, 2.75) is 18.2 Å². The summed E-state index contributed by atoms with van der Waals surface area (Å²) in [5.41, 5.74) is 4.72. The first-order valence-corrected chi connectivity index (χ1v) is 6.36. The molecule has 2 atom stereocenters. The molecule has 0 radical (unpaired) electrons. The molecule has 3 heterocycles. The largest absolute Gasteiger partial charge is 0.389 e. The molecule has 2 aromatic rings. The standard InChI is InChI=1S/C13H16N4O3/c14-11(19)9-2-1-8-3-4-17(12(8)16-9)7-13(20)6-15-5-10(13)18/h1-4,10,15,18,20H,5-7H2,(H2,14,19)/t10-,13-/m0/s1. The molecule has 0 unspecified atom stereocenters. The third-order valence-corrected chi connectivity index (χ3v) is 3.70. The van der Waals surface area contributed by atoms with E-state index in [2.05, 4.69) is 10.3 Å². The van der Waals surface area contributed by atoms with Crippen molar-refractivity contribution in [2.75, 3.05) is 13.1 Å². The molecule has 0 spiro atoms. The van der Waals surface area contributed by atoms with Crippen molar-refractivity contribution in [2.24, 2.45) is 5.73 Å². The fourth-order valence-electron chi connectivity index (χ4n) is 2.51. The van der Waals surface area contributed by atoms with Gasteiger partial charge in [-0.1, -0.05) is 0 Å². The number of carbonyl (C=O) groups excluding carboxylic acids is 1. The van der Waals surface area contributed by atoms with E-state index in [1.54, 1.807) is 22.9 Å². The van der Waals surface area contributed by atoms with E-state index in [-0.39, 0.29) is 12.2 Å². The average molecular weight is 276 g/mol. The summed E-state index contributed by atoms with van der Waals surface area (Å²) in [6, 6.07) is 5.16. The number of amides is 1. The lowest BCUT2D eigenvalue weighted by atomic mass is 10.0. The molecular formula is C13H16N4O3. The quantitative estimate of drug-likeness (QED) is 0.564. The molecule has 0 aliphatic carbocycles. The zero-order chi connectivity index (χ0) is 14.3. The molecule has 0 saturated carbocycles. The Hall–Kier alpha value is -1.96. The van der Waals surface area contributed by atoms with Crippen molar-refractivity contribution in [3.8, 4) is 0 Å². The predicted octanol–water partition coefficient (Wildman–Crippen LogP) is -1.17. The third-order valence-electron chi connectivity index (χ3n) is 3.70. The molecule has 0 bridgehead atoms. The highest BCUT2D eigenvalue weighted by atomic mass is 16.3. The van der Waals surface area contributed by atoms with Crippen LogP contribution in [0.1, 0.15) is 10.5 Å². The maximum atomic E-state index is 11.2. The Balaban J connectivity index is 1.99. The molecule has 0 aromatic carbocycles. The minimum absolute atomic E-state index is 0.175.